The summed E-state index contributed by atoms with van der Waals surface area (Å²) in [7, 11) is 2.93. The van der Waals surface area contributed by atoms with Gasteiger partial charge in [-0.15, -0.1) is 0 Å². The summed E-state index contributed by atoms with van der Waals surface area (Å²) in [5.41, 5.74) is 0.213. The predicted octanol–water partition coefficient (Wildman–Crippen LogP) is 3.59. The van der Waals surface area contributed by atoms with Crippen LogP contribution in [0, 0.1) is 0 Å². The molecule has 1 atom stereocenters. The maximum absolute atomic E-state index is 12.2. The van der Waals surface area contributed by atoms with E-state index in [0.29, 0.717) is 16.5 Å². The molecule has 0 saturated heterocycles. The summed E-state index contributed by atoms with van der Waals surface area (Å²) in [5.74, 6) is -0.316. The van der Waals surface area contributed by atoms with Crippen molar-refractivity contribution >= 4 is 40.9 Å². The van der Waals surface area contributed by atoms with Gasteiger partial charge in [-0.25, -0.2) is 9.78 Å². The van der Waals surface area contributed by atoms with Gasteiger partial charge in [-0.1, -0.05) is 23.2 Å². The molecule has 0 unspecified atom stereocenters. The lowest BCUT2D eigenvalue weighted by atomic mass is 10.2. The van der Waals surface area contributed by atoms with Gasteiger partial charge in [0.15, 0.2) is 23.4 Å². The molecule has 1 amide bonds. The maximum atomic E-state index is 12.2. The minimum atomic E-state index is -1.08. The van der Waals surface area contributed by atoms with Gasteiger partial charge in [0.1, 0.15) is 0 Å². The largest absolute Gasteiger partial charge is 0.493 e. The van der Waals surface area contributed by atoms with Crippen molar-refractivity contribution in [1.29, 1.82) is 0 Å². The van der Waals surface area contributed by atoms with Crippen LogP contribution in [0.25, 0.3) is 0 Å². The summed E-state index contributed by atoms with van der Waals surface area (Å²) in [6, 6.07) is 5.97. The van der Waals surface area contributed by atoms with E-state index in [9.17, 15) is 9.59 Å². The molecule has 0 aliphatic rings. The van der Waals surface area contributed by atoms with E-state index >= 15 is 0 Å². The molecule has 0 aliphatic carbocycles. The van der Waals surface area contributed by atoms with Crippen molar-refractivity contribution in [2.45, 2.75) is 13.0 Å². The van der Waals surface area contributed by atoms with Gasteiger partial charge in [0.25, 0.3) is 5.91 Å². The number of carbonyl (C=O) groups excluding carboxylic acids is 2. The molecule has 1 heterocycles. The third kappa shape index (κ3) is 4.77. The Hall–Kier alpha value is -2.51. The van der Waals surface area contributed by atoms with Crippen LogP contribution < -0.4 is 14.8 Å². The third-order valence-electron chi connectivity index (χ3n) is 3.32. The Kier molecular flexibility index (Phi) is 6.65. The number of nitrogens with zero attached hydrogens (tertiary/aromatic N) is 1. The van der Waals surface area contributed by atoms with Gasteiger partial charge in [0.2, 0.25) is 0 Å². The second kappa shape index (κ2) is 8.73. The van der Waals surface area contributed by atoms with Crippen molar-refractivity contribution in [3.63, 3.8) is 0 Å². The van der Waals surface area contributed by atoms with Gasteiger partial charge in [-0.3, -0.25) is 4.79 Å². The number of aromatic nitrogens is 1. The Labute approximate surface area is 160 Å². The van der Waals surface area contributed by atoms with Crippen molar-refractivity contribution in [2.75, 3.05) is 19.5 Å². The number of pyridine rings is 1. The van der Waals surface area contributed by atoms with E-state index in [4.69, 9.17) is 37.4 Å². The van der Waals surface area contributed by atoms with Crippen LogP contribution in [0.2, 0.25) is 10.0 Å². The van der Waals surface area contributed by atoms with Crippen LogP contribution in [0.1, 0.15) is 17.3 Å². The summed E-state index contributed by atoms with van der Waals surface area (Å²) in [6.45, 7) is 1.43. The van der Waals surface area contributed by atoms with E-state index in [-0.39, 0.29) is 16.4 Å². The Morgan fingerprint density at radius 3 is 2.42 bits per heavy atom. The number of ether oxygens (including phenoxy) is 3. The quantitative estimate of drug-likeness (QED) is 0.748. The molecule has 1 aromatic carbocycles. The number of hydrogen-bond donors (Lipinski definition) is 1. The fourth-order valence-corrected chi connectivity index (χ4v) is 2.40. The number of rotatable bonds is 6. The Morgan fingerprint density at radius 2 is 1.81 bits per heavy atom. The van der Waals surface area contributed by atoms with Gasteiger partial charge in [-0.2, -0.15) is 0 Å². The van der Waals surface area contributed by atoms with E-state index in [2.05, 4.69) is 10.3 Å². The van der Waals surface area contributed by atoms with Crippen LogP contribution in [-0.2, 0) is 9.53 Å². The fraction of sp³-hybridized carbons (Fsp3) is 0.235. The summed E-state index contributed by atoms with van der Waals surface area (Å²) in [4.78, 5) is 28.3. The second-order valence-corrected chi connectivity index (χ2v) is 5.93. The highest BCUT2D eigenvalue weighted by Crippen LogP contribution is 2.28. The zero-order valence-corrected chi connectivity index (χ0v) is 15.7. The number of hydrogen-bond acceptors (Lipinski definition) is 6. The third-order valence-corrected chi connectivity index (χ3v) is 3.82. The average molecular weight is 399 g/mol. The standard InChI is InChI=1S/C17H16Cl2N2O5/c1-9(16(22)21-15-12(19)7-11(18)8-20-15)26-17(23)10-4-5-13(24-2)14(6-10)25-3/h4-9H,1-3H3,(H,20,21,22)/t9-/m1/s1. The first kappa shape index (κ1) is 19.8. The summed E-state index contributed by atoms with van der Waals surface area (Å²) in [5, 5.41) is 2.98. The van der Waals surface area contributed by atoms with Crippen molar-refractivity contribution in [3.8, 4) is 11.5 Å². The highest BCUT2D eigenvalue weighted by Gasteiger charge is 2.21. The SMILES string of the molecule is COc1ccc(C(=O)O[C@H](C)C(=O)Nc2ncc(Cl)cc2Cl)cc1OC. The smallest absolute Gasteiger partial charge is 0.339 e. The Bertz CT molecular complexity index is 829. The molecule has 138 valence electrons. The number of anilines is 1. The zero-order valence-electron chi connectivity index (χ0n) is 14.2. The van der Waals surface area contributed by atoms with Crippen LogP contribution in [0.4, 0.5) is 5.82 Å². The molecule has 0 saturated carbocycles. The van der Waals surface area contributed by atoms with Crippen molar-refractivity contribution in [3.05, 3.63) is 46.1 Å². The highest BCUT2D eigenvalue weighted by molar-refractivity contribution is 6.36. The van der Waals surface area contributed by atoms with Crippen LogP contribution in [0.5, 0.6) is 11.5 Å². The Morgan fingerprint density at radius 1 is 1.12 bits per heavy atom. The van der Waals surface area contributed by atoms with Crippen LogP contribution in [0.15, 0.2) is 30.5 Å². The normalized spacial score (nSPS) is 11.4. The van der Waals surface area contributed by atoms with E-state index in [1.165, 1.54) is 45.5 Å². The molecule has 0 fully saturated rings. The van der Waals surface area contributed by atoms with Crippen LogP contribution >= 0.6 is 23.2 Å². The molecule has 0 radical (unpaired) electrons. The van der Waals surface area contributed by atoms with Crippen molar-refractivity contribution < 1.29 is 23.8 Å². The fourth-order valence-electron chi connectivity index (χ4n) is 1.97. The van der Waals surface area contributed by atoms with Gasteiger partial charge in [-0.05, 0) is 31.2 Å². The molecule has 0 aliphatic heterocycles. The van der Waals surface area contributed by atoms with Gasteiger partial charge >= 0.3 is 5.97 Å². The number of methoxy groups -OCH3 is 2. The molecule has 1 aromatic heterocycles. The Balaban J connectivity index is 2.05. The van der Waals surface area contributed by atoms with Crippen LogP contribution in [-0.4, -0.2) is 37.2 Å². The topological polar surface area (TPSA) is 86.8 Å². The van der Waals surface area contributed by atoms with Gasteiger partial charge in [0, 0.05) is 6.20 Å². The maximum Gasteiger partial charge on any atom is 0.339 e. The van der Waals surface area contributed by atoms with E-state index in [0.717, 1.165) is 0 Å². The minimum Gasteiger partial charge on any atom is -0.493 e. The lowest BCUT2D eigenvalue weighted by molar-refractivity contribution is -0.123. The van der Waals surface area contributed by atoms with Crippen molar-refractivity contribution in [2.24, 2.45) is 0 Å². The lowest BCUT2D eigenvalue weighted by Gasteiger charge is -2.14. The molecule has 0 spiro atoms. The van der Waals surface area contributed by atoms with Gasteiger partial charge in [0.05, 0.1) is 29.8 Å². The van der Waals surface area contributed by atoms with E-state index < -0.39 is 18.0 Å². The number of carbonyl (C=O) groups is 2. The van der Waals surface area contributed by atoms with Crippen LogP contribution in [0.3, 0.4) is 0 Å². The lowest BCUT2D eigenvalue weighted by Crippen LogP contribution is -2.30. The van der Waals surface area contributed by atoms with Crippen molar-refractivity contribution in [1.82, 2.24) is 4.98 Å². The first-order valence-corrected chi connectivity index (χ1v) is 8.16. The summed E-state index contributed by atoms with van der Waals surface area (Å²) in [6.07, 6.45) is 0.257. The zero-order chi connectivity index (χ0) is 19.3. The average Bonchev–Trinajstić information content (AvgIpc) is 2.63. The summed E-state index contributed by atoms with van der Waals surface area (Å²) < 4.78 is 15.4. The molecule has 2 aromatic rings. The predicted molar refractivity (Wildman–Crippen MR) is 97.3 cm³/mol. The molecular weight excluding hydrogens is 383 g/mol. The first-order valence-electron chi connectivity index (χ1n) is 7.40. The summed E-state index contributed by atoms with van der Waals surface area (Å²) >= 11 is 11.7. The number of halogens is 2. The first-order chi connectivity index (χ1) is 12.3. The molecule has 7 nitrogen and oxygen atoms in total. The van der Waals surface area contributed by atoms with E-state index in [1.807, 2.05) is 0 Å². The monoisotopic (exact) mass is 398 g/mol. The van der Waals surface area contributed by atoms with Gasteiger partial charge < -0.3 is 19.5 Å². The molecule has 9 heteroatoms. The molecular formula is C17H16Cl2N2O5. The number of nitrogens with one attached hydrogen (secondary N) is 1. The number of benzene rings is 1. The molecule has 2 rings (SSSR count). The number of esters is 1. The second-order valence-electron chi connectivity index (χ2n) is 5.09. The highest BCUT2D eigenvalue weighted by atomic mass is 35.5. The number of amides is 1. The molecule has 26 heavy (non-hydrogen) atoms. The minimum absolute atomic E-state index is 0.120. The molecule has 0 bridgehead atoms. The van der Waals surface area contributed by atoms with E-state index in [1.54, 1.807) is 6.07 Å². The molecule has 1 N–H and O–H groups in total.